The van der Waals surface area contributed by atoms with E-state index in [4.69, 9.17) is 9.47 Å². The minimum Gasteiger partial charge on any atom is -0.462 e. The molecule has 2 aromatic rings. The van der Waals surface area contributed by atoms with Gasteiger partial charge in [-0.3, -0.25) is 4.79 Å². The van der Waals surface area contributed by atoms with Crippen molar-refractivity contribution >= 4 is 11.9 Å². The summed E-state index contributed by atoms with van der Waals surface area (Å²) >= 11 is 0. The van der Waals surface area contributed by atoms with Gasteiger partial charge in [-0.15, -0.1) is 0 Å². The van der Waals surface area contributed by atoms with E-state index in [9.17, 15) is 9.59 Å². The average molecular weight is 348 g/mol. The summed E-state index contributed by atoms with van der Waals surface area (Å²) in [5.74, 6) is 6.29. The topological polar surface area (TPSA) is 52.6 Å². The Morgan fingerprint density at radius 2 is 1.77 bits per heavy atom. The maximum absolute atomic E-state index is 11.7. The second-order valence-electron chi connectivity index (χ2n) is 6.79. The summed E-state index contributed by atoms with van der Waals surface area (Å²) in [5, 5.41) is 0. The molecule has 0 amide bonds. The van der Waals surface area contributed by atoms with Crippen molar-refractivity contribution in [3.05, 3.63) is 64.7 Å². The van der Waals surface area contributed by atoms with Crippen LogP contribution in [0, 0.1) is 11.8 Å². The number of carbonyl (C=O) groups is 2. The molecule has 0 aliphatic carbocycles. The fourth-order valence-electron chi connectivity index (χ4n) is 2.89. The van der Waals surface area contributed by atoms with Crippen LogP contribution in [-0.2, 0) is 14.9 Å². The van der Waals surface area contributed by atoms with Gasteiger partial charge in [0.15, 0.2) is 0 Å². The Hall–Kier alpha value is -3.06. The molecule has 4 nitrogen and oxygen atoms in total. The minimum absolute atomic E-state index is 0.206. The van der Waals surface area contributed by atoms with Crippen molar-refractivity contribution in [3.8, 4) is 17.6 Å². The Labute approximate surface area is 153 Å². The number of carbonyl (C=O) groups excluding carboxylic acids is 2. The molecule has 0 bridgehead atoms. The number of benzene rings is 2. The van der Waals surface area contributed by atoms with Gasteiger partial charge in [0.25, 0.3) is 0 Å². The molecule has 0 aromatic heterocycles. The highest BCUT2D eigenvalue weighted by molar-refractivity contribution is 5.89. The Balaban J connectivity index is 1.83. The average Bonchev–Trinajstić information content (AvgIpc) is 2.60. The third kappa shape index (κ3) is 3.78. The lowest BCUT2D eigenvalue weighted by atomic mass is 9.79. The van der Waals surface area contributed by atoms with Gasteiger partial charge in [-0.05, 0) is 49.4 Å². The van der Waals surface area contributed by atoms with Crippen LogP contribution < -0.4 is 4.74 Å². The van der Waals surface area contributed by atoms with Crippen molar-refractivity contribution in [1.29, 1.82) is 0 Å². The predicted molar refractivity (Wildman–Crippen MR) is 98.1 cm³/mol. The molecular weight excluding hydrogens is 328 g/mol. The molecule has 4 heteroatoms. The van der Waals surface area contributed by atoms with Crippen molar-refractivity contribution < 1.29 is 19.1 Å². The van der Waals surface area contributed by atoms with E-state index in [1.165, 1.54) is 0 Å². The number of hydrogen-bond donors (Lipinski definition) is 0. The molecule has 132 valence electrons. The SMILES string of the molecule is CCOC(=O)c1ccc(C#Cc2ccc3c(c2)C(C)(C)CC(=O)O3)cc1. The molecule has 0 unspecified atom stereocenters. The van der Waals surface area contributed by atoms with E-state index in [0.29, 0.717) is 24.3 Å². The highest BCUT2D eigenvalue weighted by Gasteiger charge is 2.33. The molecule has 0 radical (unpaired) electrons. The van der Waals surface area contributed by atoms with Gasteiger partial charge in [-0.25, -0.2) is 4.79 Å². The van der Waals surface area contributed by atoms with Gasteiger partial charge in [0.1, 0.15) is 5.75 Å². The lowest BCUT2D eigenvalue weighted by Gasteiger charge is -2.30. The van der Waals surface area contributed by atoms with Gasteiger partial charge in [0, 0.05) is 22.1 Å². The maximum Gasteiger partial charge on any atom is 0.338 e. The number of fused-ring (bicyclic) bond motifs is 1. The first-order valence-electron chi connectivity index (χ1n) is 8.53. The first kappa shape index (κ1) is 17.8. The van der Waals surface area contributed by atoms with Crippen LogP contribution in [0.2, 0.25) is 0 Å². The summed E-state index contributed by atoms with van der Waals surface area (Å²) in [6.07, 6.45) is 0.353. The molecular formula is C22H20O4. The molecule has 1 heterocycles. The number of rotatable bonds is 2. The fraction of sp³-hybridized carbons (Fsp3) is 0.273. The second kappa shape index (κ2) is 7.05. The van der Waals surface area contributed by atoms with Crippen molar-refractivity contribution in [2.75, 3.05) is 6.61 Å². The van der Waals surface area contributed by atoms with E-state index in [1.54, 1.807) is 37.3 Å². The van der Waals surface area contributed by atoms with E-state index in [2.05, 4.69) is 11.8 Å². The van der Waals surface area contributed by atoms with Crippen molar-refractivity contribution in [1.82, 2.24) is 0 Å². The number of ether oxygens (including phenoxy) is 2. The smallest absolute Gasteiger partial charge is 0.338 e. The van der Waals surface area contributed by atoms with E-state index in [-0.39, 0.29) is 17.4 Å². The van der Waals surface area contributed by atoms with E-state index < -0.39 is 0 Å². The lowest BCUT2D eigenvalue weighted by Crippen LogP contribution is -2.30. The molecule has 1 aliphatic rings. The summed E-state index contributed by atoms with van der Waals surface area (Å²) in [6.45, 7) is 6.18. The molecule has 0 spiro atoms. The fourth-order valence-corrected chi connectivity index (χ4v) is 2.89. The Morgan fingerprint density at radius 3 is 2.46 bits per heavy atom. The summed E-state index contributed by atoms with van der Waals surface area (Å²) < 4.78 is 10.3. The first-order valence-corrected chi connectivity index (χ1v) is 8.53. The van der Waals surface area contributed by atoms with Gasteiger partial charge in [0.05, 0.1) is 18.6 Å². The number of hydrogen-bond acceptors (Lipinski definition) is 4. The molecule has 3 rings (SSSR count). The van der Waals surface area contributed by atoms with Crippen molar-refractivity contribution in [2.24, 2.45) is 0 Å². The van der Waals surface area contributed by atoms with E-state index in [0.717, 1.165) is 16.7 Å². The van der Waals surface area contributed by atoms with Crippen LogP contribution in [-0.4, -0.2) is 18.5 Å². The zero-order valence-corrected chi connectivity index (χ0v) is 15.1. The maximum atomic E-state index is 11.7. The van der Waals surface area contributed by atoms with Crippen LogP contribution in [0.15, 0.2) is 42.5 Å². The van der Waals surface area contributed by atoms with E-state index >= 15 is 0 Å². The van der Waals surface area contributed by atoms with Crippen LogP contribution in [0.5, 0.6) is 5.75 Å². The largest absolute Gasteiger partial charge is 0.462 e. The summed E-state index contributed by atoms with van der Waals surface area (Å²) in [4.78, 5) is 23.3. The molecule has 0 fully saturated rings. The Bertz CT molecular complexity index is 911. The van der Waals surface area contributed by atoms with Crippen LogP contribution in [0.25, 0.3) is 0 Å². The molecule has 26 heavy (non-hydrogen) atoms. The van der Waals surface area contributed by atoms with Gasteiger partial charge < -0.3 is 9.47 Å². The molecule has 0 atom stereocenters. The molecule has 1 aliphatic heterocycles. The third-order valence-electron chi connectivity index (χ3n) is 4.27. The van der Waals surface area contributed by atoms with Gasteiger partial charge in [-0.1, -0.05) is 25.7 Å². The molecule has 0 saturated heterocycles. The summed E-state index contributed by atoms with van der Waals surface area (Å²) in [6, 6.07) is 12.6. The van der Waals surface area contributed by atoms with E-state index in [1.807, 2.05) is 26.0 Å². The standard InChI is InChI=1S/C22H20O4/c1-4-25-21(24)17-10-7-15(8-11-17)5-6-16-9-12-19-18(13-16)22(2,3)14-20(23)26-19/h7-13H,4,14H2,1-3H3. The highest BCUT2D eigenvalue weighted by Crippen LogP contribution is 2.39. The zero-order valence-electron chi connectivity index (χ0n) is 15.1. The van der Waals surface area contributed by atoms with Crippen LogP contribution in [0.4, 0.5) is 0 Å². The normalized spacial score (nSPS) is 14.5. The first-order chi connectivity index (χ1) is 12.4. The molecule has 0 N–H and O–H groups in total. The van der Waals surface area contributed by atoms with Crippen LogP contribution in [0.3, 0.4) is 0 Å². The third-order valence-corrected chi connectivity index (χ3v) is 4.27. The quantitative estimate of drug-likeness (QED) is 0.470. The van der Waals surface area contributed by atoms with Gasteiger partial charge in [0.2, 0.25) is 0 Å². The molecule has 0 saturated carbocycles. The Kier molecular flexibility index (Phi) is 4.81. The van der Waals surface area contributed by atoms with Crippen LogP contribution in [0.1, 0.15) is 54.2 Å². The molecule has 2 aromatic carbocycles. The van der Waals surface area contributed by atoms with Crippen molar-refractivity contribution in [2.45, 2.75) is 32.6 Å². The minimum atomic E-state index is -0.335. The summed E-state index contributed by atoms with van der Waals surface area (Å²) in [5.41, 5.74) is 2.88. The Morgan fingerprint density at radius 1 is 1.12 bits per heavy atom. The summed E-state index contributed by atoms with van der Waals surface area (Å²) in [7, 11) is 0. The van der Waals surface area contributed by atoms with Gasteiger partial charge in [-0.2, -0.15) is 0 Å². The monoisotopic (exact) mass is 348 g/mol. The lowest BCUT2D eigenvalue weighted by molar-refractivity contribution is -0.136. The van der Waals surface area contributed by atoms with Crippen molar-refractivity contribution in [3.63, 3.8) is 0 Å². The highest BCUT2D eigenvalue weighted by atomic mass is 16.5. The predicted octanol–water partition coefficient (Wildman–Crippen LogP) is 3.85. The van der Waals surface area contributed by atoms with Crippen LogP contribution >= 0.6 is 0 Å². The van der Waals surface area contributed by atoms with Gasteiger partial charge >= 0.3 is 11.9 Å². The second-order valence-corrected chi connectivity index (χ2v) is 6.79. The number of esters is 2. The zero-order chi connectivity index (χ0) is 18.7.